The van der Waals surface area contributed by atoms with E-state index in [1.165, 1.54) is 12.1 Å². The second kappa shape index (κ2) is 4.89. The first kappa shape index (κ1) is 10.1. The van der Waals surface area contributed by atoms with Crippen LogP contribution in [-0.4, -0.2) is 18.2 Å². The molecule has 0 amide bonds. The van der Waals surface area contributed by atoms with Crippen molar-refractivity contribution in [3.63, 3.8) is 0 Å². The molecule has 0 bridgehead atoms. The van der Waals surface area contributed by atoms with Gasteiger partial charge in [-0.3, -0.25) is 4.98 Å². The van der Waals surface area contributed by atoms with Crippen LogP contribution in [0.15, 0.2) is 18.2 Å². The summed E-state index contributed by atoms with van der Waals surface area (Å²) in [6, 6.07) is 6.22. The lowest BCUT2D eigenvalue weighted by atomic mass is 10.0. The molecule has 1 aromatic heterocycles. The van der Waals surface area contributed by atoms with Gasteiger partial charge in [0.25, 0.3) is 0 Å². The van der Waals surface area contributed by atoms with Crippen LogP contribution in [0.4, 0.5) is 0 Å². The Morgan fingerprint density at radius 1 is 1.43 bits per heavy atom. The maximum Gasteiger partial charge on any atom is 0.0512 e. The monoisotopic (exact) mass is 255 g/mol. The lowest BCUT2D eigenvalue weighted by molar-refractivity contribution is 0.185. The Bertz CT molecular complexity index is 297. The van der Waals surface area contributed by atoms with E-state index in [-0.39, 0.29) is 0 Å². The fourth-order valence-electron chi connectivity index (χ4n) is 1.76. The first-order valence-electron chi connectivity index (χ1n) is 4.97. The highest BCUT2D eigenvalue weighted by Crippen LogP contribution is 2.17. The van der Waals surface area contributed by atoms with Crippen molar-refractivity contribution in [3.8, 4) is 0 Å². The van der Waals surface area contributed by atoms with E-state index in [0.717, 1.165) is 30.7 Å². The first-order chi connectivity index (χ1) is 6.88. The van der Waals surface area contributed by atoms with Crippen LogP contribution in [0.5, 0.6) is 0 Å². The summed E-state index contributed by atoms with van der Waals surface area (Å²) >= 11 is 3.42. The molecular weight excluding hydrogens is 242 g/mol. The number of hydrogen-bond acceptors (Lipinski definition) is 2. The third kappa shape index (κ3) is 2.55. The third-order valence-electron chi connectivity index (χ3n) is 2.52. The third-order valence-corrected chi connectivity index (χ3v) is 3.10. The quantitative estimate of drug-likeness (QED) is 0.775. The maximum absolute atomic E-state index is 5.35. The zero-order valence-electron chi connectivity index (χ0n) is 8.08. The molecule has 0 aliphatic carbocycles. The van der Waals surface area contributed by atoms with E-state index in [1.807, 2.05) is 6.07 Å². The molecule has 3 heteroatoms. The normalized spacial score (nSPS) is 21.4. The molecule has 1 aliphatic heterocycles. The van der Waals surface area contributed by atoms with Crippen molar-refractivity contribution < 1.29 is 4.74 Å². The average molecular weight is 256 g/mol. The Hall–Kier alpha value is -0.410. The Balaban J connectivity index is 2.00. The summed E-state index contributed by atoms with van der Waals surface area (Å²) in [5.41, 5.74) is 2.30. The summed E-state index contributed by atoms with van der Waals surface area (Å²) in [4.78, 5) is 4.55. The van der Waals surface area contributed by atoms with Crippen LogP contribution < -0.4 is 0 Å². The molecule has 1 saturated heterocycles. The van der Waals surface area contributed by atoms with E-state index >= 15 is 0 Å². The van der Waals surface area contributed by atoms with Crippen molar-refractivity contribution in [1.29, 1.82) is 0 Å². The van der Waals surface area contributed by atoms with E-state index in [4.69, 9.17) is 4.74 Å². The van der Waals surface area contributed by atoms with Gasteiger partial charge in [0.05, 0.1) is 5.69 Å². The number of pyridine rings is 1. The van der Waals surface area contributed by atoms with Crippen LogP contribution >= 0.6 is 15.9 Å². The fraction of sp³-hybridized carbons (Fsp3) is 0.545. The van der Waals surface area contributed by atoms with Crippen molar-refractivity contribution in [2.24, 2.45) is 5.92 Å². The molecule has 1 atom stereocenters. The van der Waals surface area contributed by atoms with E-state index in [9.17, 15) is 0 Å². The van der Waals surface area contributed by atoms with Crippen LogP contribution in [0.3, 0.4) is 0 Å². The van der Waals surface area contributed by atoms with Gasteiger partial charge in [-0.05, 0) is 30.9 Å². The summed E-state index contributed by atoms with van der Waals surface area (Å²) in [7, 11) is 0. The van der Waals surface area contributed by atoms with Crippen molar-refractivity contribution in [2.75, 3.05) is 13.2 Å². The van der Waals surface area contributed by atoms with Gasteiger partial charge in [-0.15, -0.1) is 0 Å². The molecular formula is C11H14BrNO. The highest BCUT2D eigenvalue weighted by atomic mass is 79.9. The van der Waals surface area contributed by atoms with Gasteiger partial charge < -0.3 is 4.74 Å². The second-order valence-corrected chi connectivity index (χ2v) is 4.25. The van der Waals surface area contributed by atoms with Gasteiger partial charge in [0.2, 0.25) is 0 Å². The van der Waals surface area contributed by atoms with Gasteiger partial charge in [0.15, 0.2) is 0 Å². The van der Waals surface area contributed by atoms with Gasteiger partial charge in [0.1, 0.15) is 0 Å². The molecule has 0 unspecified atom stereocenters. The largest absolute Gasteiger partial charge is 0.381 e. The van der Waals surface area contributed by atoms with Crippen LogP contribution in [0.1, 0.15) is 17.8 Å². The molecule has 0 saturated carbocycles. The molecule has 0 aromatic carbocycles. The minimum Gasteiger partial charge on any atom is -0.381 e. The van der Waals surface area contributed by atoms with Crippen LogP contribution in [0, 0.1) is 5.92 Å². The predicted molar refractivity (Wildman–Crippen MR) is 59.5 cm³/mol. The molecule has 1 aromatic rings. The molecule has 2 heterocycles. The Labute approximate surface area is 92.8 Å². The van der Waals surface area contributed by atoms with E-state index in [0.29, 0.717) is 5.92 Å². The number of ether oxygens (including phenoxy) is 1. The zero-order chi connectivity index (χ0) is 9.80. The van der Waals surface area contributed by atoms with Gasteiger partial charge in [-0.1, -0.05) is 22.0 Å². The van der Waals surface area contributed by atoms with Crippen LogP contribution in [-0.2, 0) is 16.5 Å². The molecule has 14 heavy (non-hydrogen) atoms. The number of rotatable bonds is 3. The first-order valence-corrected chi connectivity index (χ1v) is 6.09. The van der Waals surface area contributed by atoms with E-state index < -0.39 is 0 Å². The molecule has 0 spiro atoms. The summed E-state index contributed by atoms with van der Waals surface area (Å²) in [5, 5.41) is 0.835. The Morgan fingerprint density at radius 2 is 2.29 bits per heavy atom. The van der Waals surface area contributed by atoms with Gasteiger partial charge >= 0.3 is 0 Å². The lowest BCUT2D eigenvalue weighted by Gasteiger charge is -2.07. The highest BCUT2D eigenvalue weighted by Gasteiger charge is 2.16. The van der Waals surface area contributed by atoms with E-state index in [2.05, 4.69) is 33.0 Å². The summed E-state index contributed by atoms with van der Waals surface area (Å²) in [6.45, 7) is 1.82. The number of halogens is 1. The van der Waals surface area contributed by atoms with Crippen molar-refractivity contribution in [1.82, 2.24) is 4.98 Å². The maximum atomic E-state index is 5.35. The molecule has 76 valence electrons. The lowest BCUT2D eigenvalue weighted by Crippen LogP contribution is -2.05. The molecule has 0 radical (unpaired) electrons. The fourth-order valence-corrected chi connectivity index (χ4v) is 2.07. The van der Waals surface area contributed by atoms with Crippen molar-refractivity contribution in [2.45, 2.75) is 18.2 Å². The predicted octanol–water partition coefficient (Wildman–Crippen LogP) is 2.56. The molecule has 2 rings (SSSR count). The molecule has 1 aliphatic rings. The van der Waals surface area contributed by atoms with Crippen LogP contribution in [0.25, 0.3) is 0 Å². The number of aromatic nitrogens is 1. The number of nitrogens with zero attached hydrogens (tertiary/aromatic N) is 1. The van der Waals surface area contributed by atoms with Crippen molar-refractivity contribution in [3.05, 3.63) is 29.6 Å². The van der Waals surface area contributed by atoms with Crippen molar-refractivity contribution >= 4 is 15.9 Å². The van der Waals surface area contributed by atoms with Gasteiger partial charge in [-0.2, -0.15) is 0 Å². The summed E-state index contributed by atoms with van der Waals surface area (Å²) < 4.78 is 5.35. The zero-order valence-corrected chi connectivity index (χ0v) is 9.66. The summed E-state index contributed by atoms with van der Waals surface area (Å²) in [6.07, 6.45) is 2.24. The van der Waals surface area contributed by atoms with Gasteiger partial charge in [0, 0.05) is 24.2 Å². The van der Waals surface area contributed by atoms with E-state index in [1.54, 1.807) is 0 Å². The minimum absolute atomic E-state index is 0.674. The minimum atomic E-state index is 0.674. The average Bonchev–Trinajstić information content (AvgIpc) is 2.71. The summed E-state index contributed by atoms with van der Waals surface area (Å²) in [5.74, 6) is 0.674. The smallest absolute Gasteiger partial charge is 0.0512 e. The SMILES string of the molecule is BrCc1cccc(C[C@H]2CCOC2)n1. The molecule has 1 fully saturated rings. The topological polar surface area (TPSA) is 22.1 Å². The molecule has 2 nitrogen and oxygen atoms in total. The second-order valence-electron chi connectivity index (χ2n) is 3.69. The molecule has 0 N–H and O–H groups in total. The van der Waals surface area contributed by atoms with Gasteiger partial charge in [-0.25, -0.2) is 0 Å². The Morgan fingerprint density at radius 3 is 3.00 bits per heavy atom. The number of alkyl halides is 1. The highest BCUT2D eigenvalue weighted by molar-refractivity contribution is 9.08. The van der Waals surface area contributed by atoms with Crippen LogP contribution in [0.2, 0.25) is 0 Å². The Kier molecular flexibility index (Phi) is 3.54. The number of hydrogen-bond donors (Lipinski definition) is 0. The standard InChI is InChI=1S/C11H14BrNO/c12-7-11-3-1-2-10(13-11)6-9-4-5-14-8-9/h1-3,9H,4-8H2/t9-/m1/s1.